The van der Waals surface area contributed by atoms with E-state index in [4.69, 9.17) is 4.74 Å². The molecule has 0 aliphatic carbocycles. The largest absolute Gasteiger partial charge is 0.467 e. The molecule has 0 aromatic carbocycles. The van der Waals surface area contributed by atoms with Crippen LogP contribution < -0.4 is 16.0 Å². The summed E-state index contributed by atoms with van der Waals surface area (Å²) in [5.41, 5.74) is 1.52. The zero-order chi connectivity index (χ0) is 21.2. The molecule has 0 bridgehead atoms. The molecule has 0 aliphatic heterocycles. The fraction of sp³-hybridized carbons (Fsp3) is 0.400. The van der Waals surface area contributed by atoms with E-state index in [-0.39, 0.29) is 18.4 Å². The molecule has 2 rings (SSSR count). The highest BCUT2D eigenvalue weighted by atomic mass is 16.5. The van der Waals surface area contributed by atoms with Crippen LogP contribution in [-0.2, 0) is 19.1 Å². The van der Waals surface area contributed by atoms with Gasteiger partial charge in [-0.1, -0.05) is 6.07 Å². The highest BCUT2D eigenvalue weighted by Crippen LogP contribution is 2.09. The van der Waals surface area contributed by atoms with Gasteiger partial charge in [-0.15, -0.1) is 0 Å². The van der Waals surface area contributed by atoms with Gasteiger partial charge in [-0.2, -0.15) is 0 Å². The molecule has 2 aromatic rings. The van der Waals surface area contributed by atoms with Crippen molar-refractivity contribution in [2.24, 2.45) is 0 Å². The molecule has 9 nitrogen and oxygen atoms in total. The number of nitrogens with one attached hydrogen (secondary N) is 3. The molecule has 0 fully saturated rings. The lowest BCUT2D eigenvalue weighted by atomic mass is 10.1. The van der Waals surface area contributed by atoms with E-state index in [0.717, 1.165) is 5.52 Å². The third kappa shape index (κ3) is 6.95. The van der Waals surface area contributed by atoms with Gasteiger partial charge in [0.25, 0.3) is 5.91 Å². The van der Waals surface area contributed by atoms with Crippen LogP contribution in [0.5, 0.6) is 0 Å². The van der Waals surface area contributed by atoms with Crippen LogP contribution in [0.4, 0.5) is 0 Å². The van der Waals surface area contributed by atoms with E-state index in [1.54, 1.807) is 6.20 Å². The summed E-state index contributed by atoms with van der Waals surface area (Å²) in [5, 5.41) is 7.76. The molecule has 0 radical (unpaired) electrons. The zero-order valence-corrected chi connectivity index (χ0v) is 16.6. The highest BCUT2D eigenvalue weighted by molar-refractivity contribution is 5.95. The van der Waals surface area contributed by atoms with Gasteiger partial charge in [0, 0.05) is 31.4 Å². The Labute approximate surface area is 168 Å². The maximum atomic E-state index is 12.2. The summed E-state index contributed by atoms with van der Waals surface area (Å²) in [4.78, 5) is 46.7. The second-order valence-corrected chi connectivity index (χ2v) is 6.57. The Bertz CT molecular complexity index is 844. The molecule has 3 amide bonds. The molecule has 1 atom stereocenters. The molecule has 9 heteroatoms. The van der Waals surface area contributed by atoms with Gasteiger partial charge in [0.2, 0.25) is 11.8 Å². The summed E-state index contributed by atoms with van der Waals surface area (Å²) in [6.45, 7) is 1.54. The number of fused-ring (bicyclic) bond motifs is 1. The number of hydrogen-bond donors (Lipinski definition) is 3. The van der Waals surface area contributed by atoms with Crippen molar-refractivity contribution in [3.63, 3.8) is 0 Å². The Morgan fingerprint density at radius 1 is 1.14 bits per heavy atom. The van der Waals surface area contributed by atoms with E-state index < -0.39 is 17.9 Å². The molecule has 2 aromatic heterocycles. The van der Waals surface area contributed by atoms with Crippen LogP contribution >= 0.6 is 0 Å². The van der Waals surface area contributed by atoms with Crippen molar-refractivity contribution in [3.05, 3.63) is 42.2 Å². The third-order valence-electron chi connectivity index (χ3n) is 4.29. The van der Waals surface area contributed by atoms with Crippen molar-refractivity contribution in [1.29, 1.82) is 0 Å². The Morgan fingerprint density at radius 3 is 2.62 bits per heavy atom. The van der Waals surface area contributed by atoms with Crippen LogP contribution in [0.3, 0.4) is 0 Å². The summed E-state index contributed by atoms with van der Waals surface area (Å²) < 4.78 is 6.58. The van der Waals surface area contributed by atoms with Gasteiger partial charge in [-0.05, 0) is 37.5 Å². The summed E-state index contributed by atoms with van der Waals surface area (Å²) in [5.74, 6) is -1.51. The van der Waals surface area contributed by atoms with E-state index >= 15 is 0 Å². The lowest BCUT2D eigenvalue weighted by Crippen LogP contribution is -2.45. The molecule has 156 valence electrons. The fourth-order valence-electron chi connectivity index (χ4n) is 2.80. The van der Waals surface area contributed by atoms with Crippen molar-refractivity contribution in [2.45, 2.75) is 32.2 Å². The van der Waals surface area contributed by atoms with Gasteiger partial charge >= 0.3 is 5.97 Å². The first-order valence-electron chi connectivity index (χ1n) is 9.37. The van der Waals surface area contributed by atoms with E-state index in [1.807, 2.05) is 34.9 Å². The average molecular weight is 402 g/mol. The number of carbonyl (C=O) groups is 4. The van der Waals surface area contributed by atoms with Crippen LogP contribution in [0, 0.1) is 0 Å². The molecule has 0 spiro atoms. The van der Waals surface area contributed by atoms with Crippen molar-refractivity contribution in [1.82, 2.24) is 20.4 Å². The topological polar surface area (TPSA) is 118 Å². The Balaban J connectivity index is 1.74. The number of amides is 3. The zero-order valence-electron chi connectivity index (χ0n) is 16.6. The maximum Gasteiger partial charge on any atom is 0.328 e. The number of rotatable bonds is 10. The van der Waals surface area contributed by atoms with Gasteiger partial charge in [-0.25, -0.2) is 4.79 Å². The number of ether oxygens (including phenoxy) is 1. The van der Waals surface area contributed by atoms with Crippen LogP contribution in [0.25, 0.3) is 5.52 Å². The predicted molar refractivity (Wildman–Crippen MR) is 106 cm³/mol. The number of nitrogens with zero attached hydrogens (tertiary/aromatic N) is 1. The monoisotopic (exact) mass is 402 g/mol. The van der Waals surface area contributed by atoms with Crippen molar-refractivity contribution >= 4 is 29.2 Å². The second-order valence-electron chi connectivity index (χ2n) is 6.57. The van der Waals surface area contributed by atoms with Gasteiger partial charge < -0.3 is 25.1 Å². The standard InChI is InChI=1S/C20H26N4O5/c1-14(25)22-12-18(26)23-17(20(28)29-2)8-3-5-9-21-19(27)15-11-16-7-4-6-10-24(16)13-15/h4,6-7,10-11,13,17H,3,5,8-9,12H2,1-2H3,(H,21,27)(H,22,25)(H,23,26). The van der Waals surface area contributed by atoms with Crippen LogP contribution in [0.2, 0.25) is 0 Å². The number of hydrogen-bond acceptors (Lipinski definition) is 5. The molecular formula is C20H26N4O5. The van der Waals surface area contributed by atoms with Crippen LogP contribution in [-0.4, -0.2) is 54.3 Å². The third-order valence-corrected chi connectivity index (χ3v) is 4.29. The van der Waals surface area contributed by atoms with Crippen molar-refractivity contribution in [3.8, 4) is 0 Å². The average Bonchev–Trinajstić information content (AvgIpc) is 3.14. The van der Waals surface area contributed by atoms with Crippen molar-refractivity contribution < 1.29 is 23.9 Å². The Kier molecular flexibility index (Phi) is 8.20. The van der Waals surface area contributed by atoms with Gasteiger partial charge in [0.05, 0.1) is 19.2 Å². The molecular weight excluding hydrogens is 376 g/mol. The van der Waals surface area contributed by atoms with Gasteiger partial charge in [0.1, 0.15) is 6.04 Å². The molecule has 29 heavy (non-hydrogen) atoms. The molecule has 3 N–H and O–H groups in total. The number of esters is 1. The van der Waals surface area contributed by atoms with E-state index in [2.05, 4.69) is 16.0 Å². The second kappa shape index (κ2) is 10.8. The number of unbranched alkanes of at least 4 members (excludes halogenated alkanes) is 1. The minimum atomic E-state index is -0.797. The Hall–Kier alpha value is -3.36. The number of carbonyl (C=O) groups excluding carboxylic acids is 4. The lowest BCUT2D eigenvalue weighted by Gasteiger charge is -2.16. The highest BCUT2D eigenvalue weighted by Gasteiger charge is 2.21. The first-order valence-corrected chi connectivity index (χ1v) is 9.37. The van der Waals surface area contributed by atoms with Gasteiger partial charge in [0.15, 0.2) is 0 Å². The predicted octanol–water partition coefficient (Wildman–Crippen LogP) is 0.633. The summed E-state index contributed by atoms with van der Waals surface area (Å²) in [7, 11) is 1.25. The van der Waals surface area contributed by atoms with Gasteiger partial charge in [-0.3, -0.25) is 14.4 Å². The number of pyridine rings is 1. The van der Waals surface area contributed by atoms with Crippen LogP contribution in [0.1, 0.15) is 36.5 Å². The molecule has 1 unspecified atom stereocenters. The molecule has 2 heterocycles. The van der Waals surface area contributed by atoms with Crippen LogP contribution in [0.15, 0.2) is 36.7 Å². The van der Waals surface area contributed by atoms with E-state index in [1.165, 1.54) is 14.0 Å². The first kappa shape index (κ1) is 21.9. The lowest BCUT2D eigenvalue weighted by molar-refractivity contribution is -0.145. The van der Waals surface area contributed by atoms with E-state index in [0.29, 0.717) is 31.4 Å². The fourth-order valence-corrected chi connectivity index (χ4v) is 2.80. The quantitative estimate of drug-likeness (QED) is 0.398. The minimum Gasteiger partial charge on any atom is -0.467 e. The maximum absolute atomic E-state index is 12.2. The smallest absolute Gasteiger partial charge is 0.328 e. The first-order chi connectivity index (χ1) is 13.9. The summed E-state index contributed by atoms with van der Waals surface area (Å²) in [6.07, 6.45) is 5.23. The van der Waals surface area contributed by atoms with Crippen molar-refractivity contribution in [2.75, 3.05) is 20.2 Å². The minimum absolute atomic E-state index is 0.165. The molecule has 0 saturated carbocycles. The number of methoxy groups -OCH3 is 1. The summed E-state index contributed by atoms with van der Waals surface area (Å²) in [6, 6.07) is 6.73. The summed E-state index contributed by atoms with van der Waals surface area (Å²) >= 11 is 0. The molecule has 0 aliphatic rings. The normalized spacial score (nSPS) is 11.5. The number of aromatic nitrogens is 1. The Morgan fingerprint density at radius 2 is 1.93 bits per heavy atom. The SMILES string of the molecule is COC(=O)C(CCCCNC(=O)c1cc2ccccn2c1)NC(=O)CNC(C)=O. The van der Waals surface area contributed by atoms with E-state index in [9.17, 15) is 19.2 Å². The molecule has 0 saturated heterocycles.